The van der Waals surface area contributed by atoms with Crippen molar-refractivity contribution in [2.45, 2.75) is 12.7 Å². The molecule has 0 bridgehead atoms. The molecule has 2 aromatic rings. The molecule has 0 aliphatic carbocycles. The van der Waals surface area contributed by atoms with Gasteiger partial charge in [-0.2, -0.15) is 13.2 Å². The Morgan fingerprint density at radius 3 is 2.50 bits per heavy atom. The number of rotatable bonds is 3. The molecule has 0 fully saturated rings. The van der Waals surface area contributed by atoms with Crippen molar-refractivity contribution in [3.63, 3.8) is 0 Å². The van der Waals surface area contributed by atoms with E-state index in [9.17, 15) is 13.2 Å². The van der Waals surface area contributed by atoms with Gasteiger partial charge in [-0.25, -0.2) is 4.98 Å². The number of alkyl halides is 3. The number of anilines is 2. The lowest BCUT2D eigenvalue weighted by Crippen LogP contribution is -2.19. The highest BCUT2D eigenvalue weighted by atomic mass is 19.4. The highest BCUT2D eigenvalue weighted by Gasteiger charge is 2.32. The standard InChI is InChI=1S/C14H14F3N3/c1-20(9-10-4-2-5-11(18)8-10)13-7-3-6-12(19-13)14(15,16)17/h2-8H,9,18H2,1H3. The summed E-state index contributed by atoms with van der Waals surface area (Å²) >= 11 is 0. The number of pyridine rings is 1. The molecule has 3 nitrogen and oxygen atoms in total. The van der Waals surface area contributed by atoms with E-state index in [2.05, 4.69) is 4.98 Å². The third kappa shape index (κ3) is 3.40. The molecule has 1 heterocycles. The van der Waals surface area contributed by atoms with Gasteiger partial charge in [-0.3, -0.25) is 0 Å². The van der Waals surface area contributed by atoms with Gasteiger partial charge in [0.05, 0.1) is 0 Å². The smallest absolute Gasteiger partial charge is 0.399 e. The van der Waals surface area contributed by atoms with Crippen LogP contribution < -0.4 is 10.6 Å². The Morgan fingerprint density at radius 1 is 1.15 bits per heavy atom. The van der Waals surface area contributed by atoms with Gasteiger partial charge in [-0.05, 0) is 29.8 Å². The molecule has 106 valence electrons. The summed E-state index contributed by atoms with van der Waals surface area (Å²) in [5.41, 5.74) is 6.30. The molecule has 0 amide bonds. The Labute approximate surface area is 114 Å². The highest BCUT2D eigenvalue weighted by molar-refractivity contribution is 5.44. The second-order valence-electron chi connectivity index (χ2n) is 4.48. The van der Waals surface area contributed by atoms with E-state index >= 15 is 0 Å². The first-order valence-corrected chi connectivity index (χ1v) is 5.96. The zero-order chi connectivity index (χ0) is 14.8. The Kier molecular flexibility index (Phi) is 3.83. The zero-order valence-corrected chi connectivity index (χ0v) is 10.9. The summed E-state index contributed by atoms with van der Waals surface area (Å²) in [7, 11) is 1.69. The first kappa shape index (κ1) is 14.2. The average Bonchev–Trinajstić information content (AvgIpc) is 2.38. The van der Waals surface area contributed by atoms with Crippen molar-refractivity contribution in [3.8, 4) is 0 Å². The van der Waals surface area contributed by atoms with Crippen LogP contribution in [0.4, 0.5) is 24.7 Å². The SMILES string of the molecule is CN(Cc1cccc(N)c1)c1cccc(C(F)(F)F)n1. The topological polar surface area (TPSA) is 42.1 Å². The van der Waals surface area contributed by atoms with E-state index in [0.29, 0.717) is 12.2 Å². The summed E-state index contributed by atoms with van der Waals surface area (Å²) in [6, 6.07) is 11.1. The first-order valence-electron chi connectivity index (χ1n) is 5.96. The van der Waals surface area contributed by atoms with Gasteiger partial charge in [0.1, 0.15) is 11.5 Å². The fourth-order valence-corrected chi connectivity index (χ4v) is 1.84. The van der Waals surface area contributed by atoms with Gasteiger partial charge in [0.25, 0.3) is 0 Å². The predicted octanol–water partition coefficient (Wildman–Crippen LogP) is 3.32. The summed E-state index contributed by atoms with van der Waals surface area (Å²) in [6.45, 7) is 0.430. The van der Waals surface area contributed by atoms with Crippen molar-refractivity contribution < 1.29 is 13.2 Å². The van der Waals surface area contributed by atoms with E-state index in [1.165, 1.54) is 6.07 Å². The van der Waals surface area contributed by atoms with Crippen LogP contribution in [0.5, 0.6) is 0 Å². The number of halogens is 3. The Morgan fingerprint density at radius 2 is 1.85 bits per heavy atom. The number of benzene rings is 1. The average molecular weight is 281 g/mol. The largest absolute Gasteiger partial charge is 0.433 e. The summed E-state index contributed by atoms with van der Waals surface area (Å²) in [5, 5.41) is 0. The van der Waals surface area contributed by atoms with Crippen molar-refractivity contribution in [2.24, 2.45) is 0 Å². The molecule has 6 heteroatoms. The van der Waals surface area contributed by atoms with Crippen LogP contribution in [0, 0.1) is 0 Å². The molecule has 0 saturated carbocycles. The van der Waals surface area contributed by atoms with Crippen molar-refractivity contribution in [1.82, 2.24) is 4.98 Å². The Hall–Kier alpha value is -2.24. The maximum absolute atomic E-state index is 12.6. The lowest BCUT2D eigenvalue weighted by Gasteiger charge is -2.19. The van der Waals surface area contributed by atoms with Gasteiger partial charge in [0, 0.05) is 19.3 Å². The molecule has 20 heavy (non-hydrogen) atoms. The summed E-state index contributed by atoms with van der Waals surface area (Å²) in [4.78, 5) is 5.28. The Bertz CT molecular complexity index is 596. The number of hydrogen-bond donors (Lipinski definition) is 1. The lowest BCUT2D eigenvalue weighted by atomic mass is 10.2. The van der Waals surface area contributed by atoms with Crippen molar-refractivity contribution in [3.05, 3.63) is 53.7 Å². The fourth-order valence-electron chi connectivity index (χ4n) is 1.84. The molecular formula is C14H14F3N3. The number of nitrogens with two attached hydrogens (primary N) is 1. The van der Waals surface area contributed by atoms with E-state index in [-0.39, 0.29) is 5.82 Å². The number of nitrogen functional groups attached to an aromatic ring is 1. The van der Waals surface area contributed by atoms with Crippen LogP contribution in [-0.2, 0) is 12.7 Å². The first-order chi connectivity index (χ1) is 9.36. The molecule has 1 aromatic carbocycles. The second-order valence-corrected chi connectivity index (χ2v) is 4.48. The van der Waals surface area contributed by atoms with Crippen LogP contribution in [0.3, 0.4) is 0 Å². The molecule has 2 N–H and O–H groups in total. The van der Waals surface area contributed by atoms with Crippen LogP contribution in [0.15, 0.2) is 42.5 Å². The summed E-state index contributed by atoms with van der Waals surface area (Å²) < 4.78 is 37.8. The lowest BCUT2D eigenvalue weighted by molar-refractivity contribution is -0.141. The van der Waals surface area contributed by atoms with Crippen molar-refractivity contribution in [1.29, 1.82) is 0 Å². The molecule has 0 unspecified atom stereocenters. The zero-order valence-electron chi connectivity index (χ0n) is 10.9. The number of nitrogens with zero attached hydrogens (tertiary/aromatic N) is 2. The van der Waals surface area contributed by atoms with E-state index in [1.54, 1.807) is 36.2 Å². The minimum atomic E-state index is -4.44. The molecule has 1 aromatic heterocycles. The van der Waals surface area contributed by atoms with Gasteiger partial charge in [-0.1, -0.05) is 18.2 Å². The van der Waals surface area contributed by atoms with Crippen LogP contribution in [0.2, 0.25) is 0 Å². The van der Waals surface area contributed by atoms with Crippen LogP contribution in [0.25, 0.3) is 0 Å². The predicted molar refractivity (Wildman–Crippen MR) is 72.2 cm³/mol. The van der Waals surface area contributed by atoms with E-state index < -0.39 is 11.9 Å². The maximum atomic E-state index is 12.6. The third-order valence-electron chi connectivity index (χ3n) is 2.79. The molecule has 0 radical (unpaired) electrons. The van der Waals surface area contributed by atoms with E-state index in [1.807, 2.05) is 6.07 Å². The van der Waals surface area contributed by atoms with Crippen LogP contribution in [-0.4, -0.2) is 12.0 Å². The van der Waals surface area contributed by atoms with Crippen LogP contribution >= 0.6 is 0 Å². The molecule has 0 aliphatic heterocycles. The maximum Gasteiger partial charge on any atom is 0.433 e. The fraction of sp³-hybridized carbons (Fsp3) is 0.214. The molecule has 0 saturated heterocycles. The van der Waals surface area contributed by atoms with E-state index in [0.717, 1.165) is 11.6 Å². The van der Waals surface area contributed by atoms with Gasteiger partial charge in [0.2, 0.25) is 0 Å². The summed E-state index contributed by atoms with van der Waals surface area (Å²) in [6.07, 6.45) is -4.44. The number of aromatic nitrogens is 1. The molecule has 0 atom stereocenters. The molecular weight excluding hydrogens is 267 g/mol. The number of hydrogen-bond acceptors (Lipinski definition) is 3. The van der Waals surface area contributed by atoms with Crippen molar-refractivity contribution in [2.75, 3.05) is 17.7 Å². The van der Waals surface area contributed by atoms with Crippen molar-refractivity contribution >= 4 is 11.5 Å². The molecule has 0 spiro atoms. The van der Waals surface area contributed by atoms with Crippen LogP contribution in [0.1, 0.15) is 11.3 Å². The minimum absolute atomic E-state index is 0.266. The van der Waals surface area contributed by atoms with Gasteiger partial charge in [0.15, 0.2) is 0 Å². The Balaban J connectivity index is 2.19. The second kappa shape index (κ2) is 5.40. The molecule has 0 aliphatic rings. The van der Waals surface area contributed by atoms with Gasteiger partial charge >= 0.3 is 6.18 Å². The highest BCUT2D eigenvalue weighted by Crippen LogP contribution is 2.28. The monoisotopic (exact) mass is 281 g/mol. The summed E-state index contributed by atoms with van der Waals surface area (Å²) in [5.74, 6) is 0.266. The normalized spacial score (nSPS) is 11.4. The van der Waals surface area contributed by atoms with Gasteiger partial charge < -0.3 is 10.6 Å². The van der Waals surface area contributed by atoms with Gasteiger partial charge in [-0.15, -0.1) is 0 Å². The minimum Gasteiger partial charge on any atom is -0.399 e. The molecule has 2 rings (SSSR count). The quantitative estimate of drug-likeness (QED) is 0.878. The van der Waals surface area contributed by atoms with E-state index in [4.69, 9.17) is 5.73 Å². The third-order valence-corrected chi connectivity index (χ3v) is 2.79.